The number of allylic oxidation sites excluding steroid dienone is 3. The van der Waals surface area contributed by atoms with Gasteiger partial charge < -0.3 is 21.6 Å². The Bertz CT molecular complexity index is 827. The van der Waals surface area contributed by atoms with Gasteiger partial charge in [-0.3, -0.25) is 4.79 Å². The first kappa shape index (κ1) is 28.6. The number of hydrogen-bond acceptors (Lipinski definition) is 7. The van der Waals surface area contributed by atoms with Crippen LogP contribution in [0.15, 0.2) is 53.8 Å². The lowest BCUT2D eigenvalue weighted by Gasteiger charge is -2.27. The van der Waals surface area contributed by atoms with Crippen LogP contribution in [0.1, 0.15) is 30.0 Å². The van der Waals surface area contributed by atoms with E-state index in [0.29, 0.717) is 11.3 Å². The number of rotatable bonds is 5. The van der Waals surface area contributed by atoms with Crippen LogP contribution in [0.4, 0.5) is 13.2 Å². The maximum absolute atomic E-state index is 11.9. The maximum Gasteiger partial charge on any atom is 0.433 e. The highest BCUT2D eigenvalue weighted by molar-refractivity contribution is 7.98. The average molecular weight is 459 g/mol. The standard InChI is InChI=1S/C11H16N2O.C7H4F3NO.C3H9NS/c1-7-5-10(13-4)8(6-9(7)12)11(2,3)14;8-7(9,10)6-3-1-2-5(4-12)11-6;1-5-3-2-4/h5-6,12-14H,1H2,2-4H3;1-4H;2-4H2,1H3. The fourth-order valence-electron chi connectivity index (χ4n) is 2.15. The molecule has 2 rings (SSSR count). The molecule has 0 aromatic carbocycles. The number of halogens is 3. The van der Waals surface area contributed by atoms with Crippen LogP contribution >= 0.6 is 11.8 Å². The van der Waals surface area contributed by atoms with Gasteiger partial charge in [-0.15, -0.1) is 0 Å². The molecule has 0 amide bonds. The molecular formula is C21H29F3N4O2S. The quantitative estimate of drug-likeness (QED) is 0.502. The maximum atomic E-state index is 11.9. The number of thioether (sulfide) groups is 1. The minimum Gasteiger partial charge on any atom is -0.388 e. The molecule has 0 spiro atoms. The van der Waals surface area contributed by atoms with Gasteiger partial charge in [0.15, 0.2) is 6.29 Å². The molecule has 5 N–H and O–H groups in total. The van der Waals surface area contributed by atoms with E-state index in [-0.39, 0.29) is 12.0 Å². The Kier molecular flexibility index (Phi) is 12.1. The summed E-state index contributed by atoms with van der Waals surface area (Å²) in [5, 5.41) is 20.5. The highest BCUT2D eigenvalue weighted by Crippen LogP contribution is 2.27. The molecule has 0 unspecified atom stereocenters. The van der Waals surface area contributed by atoms with Crippen molar-refractivity contribution in [2.24, 2.45) is 5.73 Å². The van der Waals surface area contributed by atoms with Gasteiger partial charge in [-0.25, -0.2) is 4.98 Å². The number of pyridine rings is 1. The van der Waals surface area contributed by atoms with Gasteiger partial charge in [-0.1, -0.05) is 12.6 Å². The number of likely N-dealkylation sites (N-methyl/N-ethyl adjacent to an activating group) is 1. The van der Waals surface area contributed by atoms with E-state index in [9.17, 15) is 23.1 Å². The molecule has 6 nitrogen and oxygen atoms in total. The van der Waals surface area contributed by atoms with Gasteiger partial charge >= 0.3 is 6.18 Å². The normalized spacial score (nSPS) is 13.7. The van der Waals surface area contributed by atoms with Crippen LogP contribution < -0.4 is 11.1 Å². The molecule has 1 aliphatic carbocycles. The van der Waals surface area contributed by atoms with Crippen LogP contribution in [-0.2, 0) is 6.18 Å². The molecule has 0 fully saturated rings. The van der Waals surface area contributed by atoms with Gasteiger partial charge in [0.05, 0.1) is 11.3 Å². The molecule has 0 saturated carbocycles. The van der Waals surface area contributed by atoms with Crippen molar-refractivity contribution in [1.29, 1.82) is 5.41 Å². The van der Waals surface area contributed by atoms with Crippen molar-refractivity contribution >= 4 is 23.8 Å². The first-order valence-electron chi connectivity index (χ1n) is 9.12. The van der Waals surface area contributed by atoms with Gasteiger partial charge in [-0.2, -0.15) is 24.9 Å². The number of nitrogens with two attached hydrogens (primary N) is 1. The van der Waals surface area contributed by atoms with Crippen LogP contribution in [0.5, 0.6) is 0 Å². The molecule has 0 atom stereocenters. The van der Waals surface area contributed by atoms with Crippen LogP contribution in [0.25, 0.3) is 0 Å². The summed E-state index contributed by atoms with van der Waals surface area (Å²) in [6, 6.07) is 3.16. The zero-order valence-corrected chi connectivity index (χ0v) is 18.8. The molecule has 0 radical (unpaired) electrons. The number of nitrogens with one attached hydrogen (secondary N) is 2. The van der Waals surface area contributed by atoms with Gasteiger partial charge in [0, 0.05) is 30.6 Å². The third-order valence-electron chi connectivity index (χ3n) is 3.68. The van der Waals surface area contributed by atoms with E-state index in [1.54, 1.807) is 44.8 Å². The van der Waals surface area contributed by atoms with Crippen LogP contribution in [0.2, 0.25) is 0 Å². The minimum atomic E-state index is -4.49. The van der Waals surface area contributed by atoms with Crippen molar-refractivity contribution in [3.63, 3.8) is 0 Å². The summed E-state index contributed by atoms with van der Waals surface area (Å²) in [5.41, 5.74) is 5.45. The summed E-state index contributed by atoms with van der Waals surface area (Å²) in [6.45, 7) is 7.95. The summed E-state index contributed by atoms with van der Waals surface area (Å²) in [5.74, 6) is 1.08. The Hall–Kier alpha value is -2.43. The molecule has 1 aliphatic rings. The lowest BCUT2D eigenvalue weighted by Crippen LogP contribution is -2.30. The van der Waals surface area contributed by atoms with Crippen molar-refractivity contribution in [1.82, 2.24) is 10.3 Å². The second-order valence-corrected chi connectivity index (χ2v) is 7.69. The fourth-order valence-corrected chi connectivity index (χ4v) is 2.39. The predicted molar refractivity (Wildman–Crippen MR) is 120 cm³/mol. The zero-order chi connectivity index (χ0) is 24.2. The number of carbonyl (C=O) groups excluding carboxylic acids is 1. The summed E-state index contributed by atoms with van der Waals surface area (Å²) in [7, 11) is 1.79. The van der Waals surface area contributed by atoms with Crippen LogP contribution in [0.3, 0.4) is 0 Å². The van der Waals surface area contributed by atoms with Crippen molar-refractivity contribution in [3.8, 4) is 0 Å². The molecule has 0 bridgehead atoms. The summed E-state index contributed by atoms with van der Waals surface area (Å²) in [6.07, 6.45) is 1.25. The van der Waals surface area contributed by atoms with E-state index < -0.39 is 17.5 Å². The number of aliphatic hydroxyl groups is 1. The fraction of sp³-hybridized carbons (Fsp3) is 0.381. The Morgan fingerprint density at radius 2 is 1.94 bits per heavy atom. The van der Waals surface area contributed by atoms with Gasteiger partial charge in [-0.05, 0) is 50.0 Å². The lowest BCUT2D eigenvalue weighted by molar-refractivity contribution is -0.141. The summed E-state index contributed by atoms with van der Waals surface area (Å²) >= 11 is 1.78. The first-order chi connectivity index (χ1) is 14.3. The number of nitrogens with zero attached hydrogens (tertiary/aromatic N) is 1. The molecule has 0 saturated heterocycles. The molecule has 0 aliphatic heterocycles. The first-order valence-corrected chi connectivity index (χ1v) is 10.5. The van der Waals surface area contributed by atoms with Crippen molar-refractivity contribution in [2.45, 2.75) is 25.6 Å². The Morgan fingerprint density at radius 1 is 1.32 bits per heavy atom. The molecule has 1 aromatic heterocycles. The number of alkyl halides is 3. The Balaban J connectivity index is 0.000000483. The molecule has 1 aromatic rings. The number of hydrogen-bond donors (Lipinski definition) is 4. The topological polar surface area (TPSA) is 112 Å². The smallest absolute Gasteiger partial charge is 0.388 e. The number of aldehydes is 1. The van der Waals surface area contributed by atoms with Crippen LogP contribution in [-0.4, -0.2) is 53.3 Å². The highest BCUT2D eigenvalue weighted by Gasteiger charge is 2.32. The third-order valence-corrected chi connectivity index (χ3v) is 4.32. The van der Waals surface area contributed by atoms with E-state index in [2.05, 4.69) is 16.9 Å². The molecule has 172 valence electrons. The second-order valence-electron chi connectivity index (χ2n) is 6.71. The van der Waals surface area contributed by atoms with E-state index >= 15 is 0 Å². The van der Waals surface area contributed by atoms with E-state index in [0.717, 1.165) is 35.7 Å². The van der Waals surface area contributed by atoms with E-state index in [1.165, 1.54) is 6.07 Å². The summed E-state index contributed by atoms with van der Waals surface area (Å²) < 4.78 is 35.8. The number of carbonyl (C=O) groups is 1. The molecular weight excluding hydrogens is 429 g/mol. The Labute approximate surface area is 185 Å². The van der Waals surface area contributed by atoms with E-state index in [4.69, 9.17) is 11.1 Å². The van der Waals surface area contributed by atoms with Gasteiger partial charge in [0.2, 0.25) is 0 Å². The van der Waals surface area contributed by atoms with Crippen molar-refractivity contribution < 1.29 is 23.1 Å². The molecule has 10 heteroatoms. The van der Waals surface area contributed by atoms with E-state index in [1.807, 2.05) is 6.26 Å². The lowest BCUT2D eigenvalue weighted by atomic mass is 9.88. The van der Waals surface area contributed by atoms with Gasteiger partial charge in [0.1, 0.15) is 11.4 Å². The molecule has 1 heterocycles. The average Bonchev–Trinajstić information content (AvgIpc) is 2.70. The SMILES string of the molecule is C=C1C=C(NC)C(C(C)(C)O)=CC1=N.CSCCN.O=Cc1cccc(C(F)(F)F)n1. The summed E-state index contributed by atoms with van der Waals surface area (Å²) in [4.78, 5) is 13.1. The monoisotopic (exact) mass is 458 g/mol. The van der Waals surface area contributed by atoms with Gasteiger partial charge in [0.25, 0.3) is 0 Å². The van der Waals surface area contributed by atoms with Crippen LogP contribution in [0, 0.1) is 5.41 Å². The number of aromatic nitrogens is 1. The minimum absolute atomic E-state index is 0.218. The zero-order valence-electron chi connectivity index (χ0n) is 18.0. The van der Waals surface area contributed by atoms with Crippen molar-refractivity contribution in [3.05, 3.63) is 65.2 Å². The molecule has 31 heavy (non-hydrogen) atoms. The second kappa shape index (κ2) is 13.1. The highest BCUT2D eigenvalue weighted by atomic mass is 32.2. The largest absolute Gasteiger partial charge is 0.433 e. The Morgan fingerprint density at radius 3 is 2.32 bits per heavy atom. The predicted octanol–water partition coefficient (Wildman–Crippen LogP) is 3.60. The third kappa shape index (κ3) is 10.4. The van der Waals surface area contributed by atoms with Crippen molar-refractivity contribution in [2.75, 3.05) is 25.6 Å².